The lowest BCUT2D eigenvalue weighted by Crippen LogP contribution is -2.50. The third-order valence-electron chi connectivity index (χ3n) is 3.91. The number of piperazine rings is 1. The molecule has 2 heterocycles. The second-order valence-electron chi connectivity index (χ2n) is 5.78. The molecule has 2 rings (SSSR count). The Morgan fingerprint density at radius 2 is 2.19 bits per heavy atom. The summed E-state index contributed by atoms with van der Waals surface area (Å²) in [6.45, 7) is 5.70. The summed E-state index contributed by atoms with van der Waals surface area (Å²) in [6, 6.07) is 2.08. The molecule has 0 aliphatic carbocycles. The van der Waals surface area contributed by atoms with Crippen LogP contribution in [0.15, 0.2) is 18.5 Å². The average Bonchev–Trinajstić information content (AvgIpc) is 2.49. The minimum Gasteiger partial charge on any atom is -0.492 e. The van der Waals surface area contributed by atoms with Crippen LogP contribution in [0.5, 0.6) is 5.75 Å². The van der Waals surface area contributed by atoms with Gasteiger partial charge in [0, 0.05) is 43.9 Å². The molecule has 1 unspecified atom stereocenters. The number of hydrogen-bond acceptors (Lipinski definition) is 5. The normalized spacial score (nSPS) is 20.4. The second kappa shape index (κ2) is 7.52. The zero-order chi connectivity index (χ0) is 15.2. The number of hydrogen-bond donors (Lipinski definition) is 0. The first-order valence-electron chi connectivity index (χ1n) is 7.60. The Morgan fingerprint density at radius 1 is 1.38 bits per heavy atom. The first-order valence-corrected chi connectivity index (χ1v) is 7.60. The SMILES string of the molecule is CCCOc1cncc(C(=O)CC2CN(C)CCN2C)c1. The van der Waals surface area contributed by atoms with E-state index in [4.69, 9.17) is 4.74 Å². The van der Waals surface area contributed by atoms with E-state index in [0.717, 1.165) is 26.1 Å². The molecule has 0 aromatic carbocycles. The maximum Gasteiger partial charge on any atom is 0.166 e. The Bertz CT molecular complexity index is 478. The molecule has 5 nitrogen and oxygen atoms in total. The summed E-state index contributed by atoms with van der Waals surface area (Å²) in [5, 5.41) is 0. The van der Waals surface area contributed by atoms with E-state index in [1.165, 1.54) is 0 Å². The van der Waals surface area contributed by atoms with Gasteiger partial charge in [-0.25, -0.2) is 0 Å². The molecular weight excluding hydrogens is 266 g/mol. The highest BCUT2D eigenvalue weighted by molar-refractivity contribution is 5.96. The lowest BCUT2D eigenvalue weighted by Gasteiger charge is -2.37. The molecule has 1 fully saturated rings. The topological polar surface area (TPSA) is 45.7 Å². The molecule has 1 saturated heterocycles. The minimum atomic E-state index is 0.136. The van der Waals surface area contributed by atoms with E-state index in [-0.39, 0.29) is 11.8 Å². The predicted molar refractivity (Wildman–Crippen MR) is 82.9 cm³/mol. The van der Waals surface area contributed by atoms with Crippen molar-refractivity contribution < 1.29 is 9.53 Å². The van der Waals surface area contributed by atoms with Crippen molar-refractivity contribution in [1.82, 2.24) is 14.8 Å². The maximum atomic E-state index is 12.5. The first kappa shape index (κ1) is 15.9. The second-order valence-corrected chi connectivity index (χ2v) is 5.78. The number of ketones is 1. The summed E-state index contributed by atoms with van der Waals surface area (Å²) in [5.74, 6) is 0.813. The fraction of sp³-hybridized carbons (Fsp3) is 0.625. The van der Waals surface area contributed by atoms with E-state index in [0.29, 0.717) is 24.3 Å². The molecule has 1 aromatic rings. The van der Waals surface area contributed by atoms with Gasteiger partial charge in [-0.3, -0.25) is 9.78 Å². The number of aromatic nitrogens is 1. The summed E-state index contributed by atoms with van der Waals surface area (Å²) < 4.78 is 5.54. The Balaban J connectivity index is 1.99. The molecule has 1 aromatic heterocycles. The smallest absolute Gasteiger partial charge is 0.166 e. The molecule has 0 bridgehead atoms. The van der Waals surface area contributed by atoms with Crippen LogP contribution < -0.4 is 4.74 Å². The molecule has 1 aliphatic rings. The molecule has 21 heavy (non-hydrogen) atoms. The zero-order valence-corrected chi connectivity index (χ0v) is 13.2. The third-order valence-corrected chi connectivity index (χ3v) is 3.91. The van der Waals surface area contributed by atoms with E-state index in [1.54, 1.807) is 18.5 Å². The van der Waals surface area contributed by atoms with Crippen molar-refractivity contribution in [3.63, 3.8) is 0 Å². The molecule has 0 N–H and O–H groups in total. The molecular formula is C16H25N3O2. The number of carbonyl (C=O) groups is 1. The van der Waals surface area contributed by atoms with Gasteiger partial charge in [-0.15, -0.1) is 0 Å². The molecule has 0 spiro atoms. The van der Waals surface area contributed by atoms with Crippen LogP contribution in [0.3, 0.4) is 0 Å². The summed E-state index contributed by atoms with van der Waals surface area (Å²) in [7, 11) is 4.19. The summed E-state index contributed by atoms with van der Waals surface area (Å²) in [6.07, 6.45) is 4.76. The number of ether oxygens (including phenoxy) is 1. The van der Waals surface area contributed by atoms with E-state index in [1.807, 2.05) is 0 Å². The molecule has 5 heteroatoms. The van der Waals surface area contributed by atoms with Gasteiger partial charge in [-0.05, 0) is 26.6 Å². The fourth-order valence-electron chi connectivity index (χ4n) is 2.52. The Morgan fingerprint density at radius 3 is 2.95 bits per heavy atom. The zero-order valence-electron chi connectivity index (χ0n) is 13.2. The van der Waals surface area contributed by atoms with Crippen molar-refractivity contribution in [3.8, 4) is 5.75 Å². The van der Waals surface area contributed by atoms with Gasteiger partial charge in [0.15, 0.2) is 5.78 Å². The maximum absolute atomic E-state index is 12.5. The van der Waals surface area contributed by atoms with Gasteiger partial charge in [0.05, 0.1) is 12.8 Å². The number of nitrogens with zero attached hydrogens (tertiary/aromatic N) is 3. The van der Waals surface area contributed by atoms with Crippen molar-refractivity contribution in [2.75, 3.05) is 40.3 Å². The van der Waals surface area contributed by atoms with E-state index in [2.05, 4.69) is 35.8 Å². The van der Waals surface area contributed by atoms with Gasteiger partial charge in [0.2, 0.25) is 0 Å². The van der Waals surface area contributed by atoms with Crippen LogP contribution in [0, 0.1) is 0 Å². The van der Waals surface area contributed by atoms with Gasteiger partial charge < -0.3 is 14.5 Å². The Hall–Kier alpha value is -1.46. The monoisotopic (exact) mass is 291 g/mol. The Labute approximate surface area is 126 Å². The van der Waals surface area contributed by atoms with Gasteiger partial charge in [-0.1, -0.05) is 6.92 Å². The van der Waals surface area contributed by atoms with Crippen LogP contribution >= 0.6 is 0 Å². The first-order chi connectivity index (χ1) is 10.1. The van der Waals surface area contributed by atoms with E-state index in [9.17, 15) is 4.79 Å². The summed E-state index contributed by atoms with van der Waals surface area (Å²) in [5.41, 5.74) is 0.644. The standard InChI is InChI=1S/C16H25N3O2/c1-4-7-21-15-8-13(10-17-11-15)16(20)9-14-12-18(2)5-6-19(14)3/h8,10-11,14H,4-7,9,12H2,1-3H3. The number of likely N-dealkylation sites (N-methyl/N-ethyl adjacent to an activating group) is 2. The third kappa shape index (κ3) is 4.51. The highest BCUT2D eigenvalue weighted by Gasteiger charge is 2.25. The Kier molecular flexibility index (Phi) is 5.70. The molecule has 0 saturated carbocycles. The summed E-state index contributed by atoms with van der Waals surface area (Å²) >= 11 is 0. The van der Waals surface area contributed by atoms with Gasteiger partial charge in [0.25, 0.3) is 0 Å². The minimum absolute atomic E-state index is 0.136. The van der Waals surface area contributed by atoms with Crippen LogP contribution in [0.25, 0.3) is 0 Å². The van der Waals surface area contributed by atoms with Crippen molar-refractivity contribution in [3.05, 3.63) is 24.0 Å². The van der Waals surface area contributed by atoms with E-state index < -0.39 is 0 Å². The molecule has 0 radical (unpaired) electrons. The molecule has 116 valence electrons. The predicted octanol–water partition coefficient (Wildman–Crippen LogP) is 1.69. The van der Waals surface area contributed by atoms with Gasteiger partial charge in [-0.2, -0.15) is 0 Å². The van der Waals surface area contributed by atoms with Crippen LogP contribution in [-0.2, 0) is 0 Å². The quantitative estimate of drug-likeness (QED) is 0.746. The van der Waals surface area contributed by atoms with Crippen LogP contribution in [0.4, 0.5) is 0 Å². The lowest BCUT2D eigenvalue weighted by molar-refractivity contribution is 0.0809. The van der Waals surface area contributed by atoms with E-state index >= 15 is 0 Å². The van der Waals surface area contributed by atoms with Gasteiger partial charge >= 0.3 is 0 Å². The van der Waals surface area contributed by atoms with Crippen molar-refractivity contribution in [2.24, 2.45) is 0 Å². The highest BCUT2D eigenvalue weighted by Crippen LogP contribution is 2.16. The molecule has 0 amide bonds. The number of Topliss-reactive ketones (excluding diaryl/α,β-unsaturated/α-hetero) is 1. The number of carbonyl (C=O) groups excluding carboxylic acids is 1. The molecule has 1 atom stereocenters. The fourth-order valence-corrected chi connectivity index (χ4v) is 2.52. The highest BCUT2D eigenvalue weighted by atomic mass is 16.5. The van der Waals surface area contributed by atoms with Crippen molar-refractivity contribution in [1.29, 1.82) is 0 Å². The molecule has 1 aliphatic heterocycles. The lowest BCUT2D eigenvalue weighted by atomic mass is 10.0. The van der Waals surface area contributed by atoms with Crippen LogP contribution in [0.1, 0.15) is 30.1 Å². The largest absolute Gasteiger partial charge is 0.492 e. The van der Waals surface area contributed by atoms with Crippen molar-refractivity contribution in [2.45, 2.75) is 25.8 Å². The number of rotatable bonds is 6. The van der Waals surface area contributed by atoms with Crippen LogP contribution in [0.2, 0.25) is 0 Å². The van der Waals surface area contributed by atoms with Crippen molar-refractivity contribution >= 4 is 5.78 Å². The van der Waals surface area contributed by atoms with Gasteiger partial charge in [0.1, 0.15) is 5.75 Å². The average molecular weight is 291 g/mol. The summed E-state index contributed by atoms with van der Waals surface area (Å²) in [4.78, 5) is 21.1. The number of pyridine rings is 1. The van der Waals surface area contributed by atoms with Crippen LogP contribution in [-0.4, -0.2) is 66.9 Å².